The van der Waals surface area contributed by atoms with Crippen LogP contribution in [0.15, 0.2) is 24.3 Å². The molecule has 106 valence electrons. The van der Waals surface area contributed by atoms with Gasteiger partial charge in [0.1, 0.15) is 5.75 Å². The molecule has 0 aromatic heterocycles. The number of carbonyl (C=O) groups is 1. The normalized spacial score (nSPS) is 10.5. The summed E-state index contributed by atoms with van der Waals surface area (Å²) in [7, 11) is 3.68. The molecule has 0 aliphatic rings. The molecule has 1 aromatic rings. The second-order valence-electron chi connectivity index (χ2n) is 4.68. The van der Waals surface area contributed by atoms with Crippen LogP contribution in [0.1, 0.15) is 26.2 Å². The minimum absolute atomic E-state index is 0.0496. The Morgan fingerprint density at radius 2 is 1.95 bits per heavy atom. The zero-order chi connectivity index (χ0) is 14.1. The summed E-state index contributed by atoms with van der Waals surface area (Å²) in [6.07, 6.45) is 2.88. The number of hydrogen-bond donors (Lipinski definition) is 1. The van der Waals surface area contributed by atoms with Crippen LogP contribution >= 0.6 is 0 Å². The molecule has 0 bridgehead atoms. The first kappa shape index (κ1) is 15.5. The molecule has 1 amide bonds. The van der Waals surface area contributed by atoms with Crippen LogP contribution in [0.3, 0.4) is 0 Å². The van der Waals surface area contributed by atoms with Crippen LogP contribution in [-0.2, 0) is 4.79 Å². The van der Waals surface area contributed by atoms with Gasteiger partial charge in [0.05, 0.1) is 7.11 Å². The maximum Gasteiger partial charge on any atom is 0.225 e. The van der Waals surface area contributed by atoms with Crippen molar-refractivity contribution in [3.8, 4) is 5.75 Å². The lowest BCUT2D eigenvalue weighted by Crippen LogP contribution is -2.25. The molecule has 0 heterocycles. The van der Waals surface area contributed by atoms with Crippen molar-refractivity contribution in [2.45, 2.75) is 26.2 Å². The summed E-state index contributed by atoms with van der Waals surface area (Å²) in [5.41, 5.74) is 0.807. The van der Waals surface area contributed by atoms with Gasteiger partial charge in [-0.1, -0.05) is 13.3 Å². The molecular formula is C15H24N2O2. The predicted octanol–water partition coefficient (Wildman–Crippen LogP) is 2.76. The Balaban J connectivity index is 2.30. The molecule has 0 saturated heterocycles. The number of carbonyl (C=O) groups excluding carboxylic acids is 1. The summed E-state index contributed by atoms with van der Waals surface area (Å²) in [5.74, 6) is 0.839. The van der Waals surface area contributed by atoms with Crippen LogP contribution in [-0.4, -0.2) is 38.1 Å². The maximum absolute atomic E-state index is 11.8. The Morgan fingerprint density at radius 1 is 1.26 bits per heavy atom. The summed E-state index contributed by atoms with van der Waals surface area (Å²) in [5, 5.41) is 2.88. The molecule has 1 N–H and O–H groups in total. The maximum atomic E-state index is 11.8. The summed E-state index contributed by atoms with van der Waals surface area (Å²) in [6.45, 7) is 4.01. The highest BCUT2D eigenvalue weighted by molar-refractivity contribution is 5.90. The summed E-state index contributed by atoms with van der Waals surface area (Å²) in [4.78, 5) is 14.0. The number of hydrogen-bond acceptors (Lipinski definition) is 3. The van der Waals surface area contributed by atoms with E-state index in [1.165, 1.54) is 12.8 Å². The minimum Gasteiger partial charge on any atom is -0.497 e. The molecule has 19 heavy (non-hydrogen) atoms. The number of rotatable bonds is 8. The van der Waals surface area contributed by atoms with Crippen molar-refractivity contribution in [1.82, 2.24) is 4.90 Å². The largest absolute Gasteiger partial charge is 0.497 e. The molecule has 0 aliphatic carbocycles. The highest BCUT2D eigenvalue weighted by atomic mass is 16.5. The lowest BCUT2D eigenvalue weighted by atomic mass is 10.2. The molecule has 0 fully saturated rings. The SMILES string of the molecule is CCCCN(C)CCC(=O)Nc1ccc(OC)cc1. The fraction of sp³-hybridized carbons (Fsp3) is 0.533. The molecule has 0 radical (unpaired) electrons. The summed E-state index contributed by atoms with van der Waals surface area (Å²) in [6, 6.07) is 7.36. The zero-order valence-electron chi connectivity index (χ0n) is 12.1. The van der Waals surface area contributed by atoms with Crippen molar-refractivity contribution in [2.75, 3.05) is 32.6 Å². The van der Waals surface area contributed by atoms with Gasteiger partial charge in [-0.2, -0.15) is 0 Å². The van der Waals surface area contributed by atoms with E-state index in [0.717, 1.165) is 24.5 Å². The Morgan fingerprint density at radius 3 is 2.53 bits per heavy atom. The van der Waals surface area contributed by atoms with Gasteiger partial charge in [0.15, 0.2) is 0 Å². The van der Waals surface area contributed by atoms with Crippen LogP contribution in [0, 0.1) is 0 Å². The van der Waals surface area contributed by atoms with E-state index in [4.69, 9.17) is 4.74 Å². The van der Waals surface area contributed by atoms with E-state index in [2.05, 4.69) is 24.2 Å². The first-order valence-electron chi connectivity index (χ1n) is 6.78. The Bertz CT molecular complexity index is 376. The van der Waals surface area contributed by atoms with Gasteiger partial charge in [0.2, 0.25) is 5.91 Å². The second kappa shape index (κ2) is 8.53. The van der Waals surface area contributed by atoms with Gasteiger partial charge in [-0.05, 0) is 44.3 Å². The molecule has 1 rings (SSSR count). The third-order valence-electron chi connectivity index (χ3n) is 2.99. The van der Waals surface area contributed by atoms with Crippen molar-refractivity contribution in [3.05, 3.63) is 24.3 Å². The van der Waals surface area contributed by atoms with Crippen molar-refractivity contribution < 1.29 is 9.53 Å². The molecule has 4 nitrogen and oxygen atoms in total. The van der Waals surface area contributed by atoms with Crippen molar-refractivity contribution >= 4 is 11.6 Å². The van der Waals surface area contributed by atoms with Gasteiger partial charge < -0.3 is 15.0 Å². The van der Waals surface area contributed by atoms with E-state index in [1.807, 2.05) is 24.3 Å². The lowest BCUT2D eigenvalue weighted by Gasteiger charge is -2.15. The summed E-state index contributed by atoms with van der Waals surface area (Å²) >= 11 is 0. The molecule has 0 aliphatic heterocycles. The predicted molar refractivity (Wildman–Crippen MR) is 78.6 cm³/mol. The highest BCUT2D eigenvalue weighted by Crippen LogP contribution is 2.15. The Labute approximate surface area is 115 Å². The van der Waals surface area contributed by atoms with Gasteiger partial charge in [-0.25, -0.2) is 0 Å². The van der Waals surface area contributed by atoms with Gasteiger partial charge in [0, 0.05) is 18.7 Å². The Hall–Kier alpha value is -1.55. The lowest BCUT2D eigenvalue weighted by molar-refractivity contribution is -0.116. The van der Waals surface area contributed by atoms with E-state index < -0.39 is 0 Å². The fourth-order valence-electron chi connectivity index (χ4n) is 1.73. The van der Waals surface area contributed by atoms with Crippen LogP contribution in [0.2, 0.25) is 0 Å². The van der Waals surface area contributed by atoms with Gasteiger partial charge >= 0.3 is 0 Å². The number of amides is 1. The van der Waals surface area contributed by atoms with Crippen LogP contribution in [0.4, 0.5) is 5.69 Å². The second-order valence-corrected chi connectivity index (χ2v) is 4.68. The van der Waals surface area contributed by atoms with E-state index in [0.29, 0.717) is 6.42 Å². The number of anilines is 1. The number of methoxy groups -OCH3 is 1. The monoisotopic (exact) mass is 264 g/mol. The number of nitrogens with zero attached hydrogens (tertiary/aromatic N) is 1. The van der Waals surface area contributed by atoms with Gasteiger partial charge in [-0.15, -0.1) is 0 Å². The molecular weight excluding hydrogens is 240 g/mol. The Kier molecular flexibility index (Phi) is 6.97. The molecule has 4 heteroatoms. The standard InChI is InChI=1S/C15H24N2O2/c1-4-5-11-17(2)12-10-15(18)16-13-6-8-14(19-3)9-7-13/h6-9H,4-5,10-12H2,1-3H3,(H,16,18). The number of nitrogens with one attached hydrogen (secondary N) is 1. The zero-order valence-corrected chi connectivity index (χ0v) is 12.1. The molecule has 0 atom stereocenters. The van der Waals surface area contributed by atoms with Crippen LogP contribution < -0.4 is 10.1 Å². The third kappa shape index (κ3) is 6.25. The highest BCUT2D eigenvalue weighted by Gasteiger charge is 2.05. The average molecular weight is 264 g/mol. The number of ether oxygens (including phenoxy) is 1. The van der Waals surface area contributed by atoms with Gasteiger partial charge in [-0.3, -0.25) is 4.79 Å². The van der Waals surface area contributed by atoms with E-state index in [-0.39, 0.29) is 5.91 Å². The van der Waals surface area contributed by atoms with Crippen molar-refractivity contribution in [3.63, 3.8) is 0 Å². The van der Waals surface area contributed by atoms with E-state index in [1.54, 1.807) is 7.11 Å². The third-order valence-corrected chi connectivity index (χ3v) is 2.99. The first-order chi connectivity index (χ1) is 9.15. The molecule has 1 aromatic carbocycles. The van der Waals surface area contributed by atoms with Gasteiger partial charge in [0.25, 0.3) is 0 Å². The first-order valence-corrected chi connectivity index (χ1v) is 6.78. The average Bonchev–Trinajstić information content (AvgIpc) is 2.43. The van der Waals surface area contributed by atoms with E-state index in [9.17, 15) is 4.79 Å². The topological polar surface area (TPSA) is 41.6 Å². The summed E-state index contributed by atoms with van der Waals surface area (Å²) < 4.78 is 5.07. The molecule has 0 unspecified atom stereocenters. The van der Waals surface area contributed by atoms with Crippen LogP contribution in [0.5, 0.6) is 5.75 Å². The molecule has 0 spiro atoms. The number of benzene rings is 1. The fourth-order valence-corrected chi connectivity index (χ4v) is 1.73. The van der Waals surface area contributed by atoms with Crippen molar-refractivity contribution in [1.29, 1.82) is 0 Å². The molecule has 0 saturated carbocycles. The van der Waals surface area contributed by atoms with Crippen molar-refractivity contribution in [2.24, 2.45) is 0 Å². The number of unbranched alkanes of at least 4 members (excludes halogenated alkanes) is 1. The minimum atomic E-state index is 0.0496. The van der Waals surface area contributed by atoms with E-state index >= 15 is 0 Å². The van der Waals surface area contributed by atoms with Crippen LogP contribution in [0.25, 0.3) is 0 Å². The quantitative estimate of drug-likeness (QED) is 0.785. The smallest absolute Gasteiger partial charge is 0.225 e.